The molecule has 1 heterocycles. The summed E-state index contributed by atoms with van der Waals surface area (Å²) in [5.41, 5.74) is 0. The van der Waals surface area contributed by atoms with Gasteiger partial charge in [0.1, 0.15) is 11.9 Å². The van der Waals surface area contributed by atoms with E-state index in [4.69, 9.17) is 4.74 Å². The zero-order chi connectivity index (χ0) is 17.1. The van der Waals surface area contributed by atoms with Gasteiger partial charge in [-0.2, -0.15) is 0 Å². The van der Waals surface area contributed by atoms with Crippen LogP contribution in [0.2, 0.25) is 0 Å². The molecule has 24 heavy (non-hydrogen) atoms. The molecule has 1 unspecified atom stereocenters. The molecule has 2 fully saturated rings. The maximum atomic E-state index is 12.6. The maximum Gasteiger partial charge on any atom is 0.251 e. The fourth-order valence-electron chi connectivity index (χ4n) is 3.54. The molecule has 0 radical (unpaired) electrons. The summed E-state index contributed by atoms with van der Waals surface area (Å²) in [6.07, 6.45) is 9.40. The van der Waals surface area contributed by atoms with Crippen LogP contribution in [0, 0.1) is 0 Å². The molecule has 0 saturated heterocycles. The summed E-state index contributed by atoms with van der Waals surface area (Å²) in [4.78, 5) is 14.3. The molecular formula is C18H30N4O2. The highest BCUT2D eigenvalue weighted by molar-refractivity contribution is 5.80. The summed E-state index contributed by atoms with van der Waals surface area (Å²) in [7, 11) is 3.81. The Kier molecular flexibility index (Phi) is 5.54. The van der Waals surface area contributed by atoms with E-state index in [1.807, 2.05) is 25.6 Å². The fourth-order valence-corrected chi connectivity index (χ4v) is 3.54. The number of nitrogens with zero attached hydrogens (tertiary/aromatic N) is 4. The Hall–Kier alpha value is -1.43. The molecular weight excluding hydrogens is 304 g/mol. The second kappa shape index (κ2) is 7.64. The Morgan fingerprint density at radius 3 is 2.50 bits per heavy atom. The van der Waals surface area contributed by atoms with E-state index in [0.717, 1.165) is 24.5 Å². The molecule has 0 N–H and O–H groups in total. The highest BCUT2D eigenvalue weighted by Gasteiger charge is 2.30. The van der Waals surface area contributed by atoms with Gasteiger partial charge in [0.2, 0.25) is 0 Å². The molecule has 2 saturated carbocycles. The van der Waals surface area contributed by atoms with E-state index in [9.17, 15) is 4.79 Å². The van der Waals surface area contributed by atoms with Gasteiger partial charge < -0.3 is 14.2 Å². The lowest BCUT2D eigenvalue weighted by Gasteiger charge is -2.25. The number of amides is 1. The molecule has 1 aromatic heterocycles. The van der Waals surface area contributed by atoms with Crippen molar-refractivity contribution in [3.8, 4) is 0 Å². The Bertz CT molecular complexity index is 559. The molecule has 2 aliphatic carbocycles. The average Bonchev–Trinajstić information content (AvgIpc) is 3.37. The highest BCUT2D eigenvalue weighted by atomic mass is 16.5. The number of ether oxygens (including phenoxy) is 1. The van der Waals surface area contributed by atoms with E-state index in [0.29, 0.717) is 12.5 Å². The Morgan fingerprint density at radius 2 is 1.88 bits per heavy atom. The van der Waals surface area contributed by atoms with E-state index in [1.165, 1.54) is 38.5 Å². The van der Waals surface area contributed by atoms with Gasteiger partial charge in [0.25, 0.3) is 5.91 Å². The average molecular weight is 334 g/mol. The Labute approximate surface area is 144 Å². The van der Waals surface area contributed by atoms with E-state index >= 15 is 0 Å². The van der Waals surface area contributed by atoms with Crippen LogP contribution >= 0.6 is 0 Å². The molecule has 0 aliphatic heterocycles. The molecule has 3 rings (SSSR count). The van der Waals surface area contributed by atoms with Crippen molar-refractivity contribution in [1.29, 1.82) is 0 Å². The smallest absolute Gasteiger partial charge is 0.251 e. The van der Waals surface area contributed by atoms with Gasteiger partial charge >= 0.3 is 0 Å². The third kappa shape index (κ3) is 4.15. The third-order valence-corrected chi connectivity index (χ3v) is 5.24. The van der Waals surface area contributed by atoms with Crippen LogP contribution in [0.5, 0.6) is 0 Å². The molecule has 2 aliphatic rings. The van der Waals surface area contributed by atoms with Crippen molar-refractivity contribution < 1.29 is 9.53 Å². The topological polar surface area (TPSA) is 60.2 Å². The standard InChI is InChI=1S/C18H30N4O2/c1-13(24-15-8-6-4-5-7-9-15)18(23)21(2)12-16-19-20-17(22(16)3)14-10-11-14/h13-15H,4-12H2,1-3H3. The normalized spacial score (nSPS) is 20.6. The second-order valence-electron chi connectivity index (χ2n) is 7.39. The van der Waals surface area contributed by atoms with E-state index < -0.39 is 6.10 Å². The van der Waals surface area contributed by atoms with Gasteiger partial charge in [-0.15, -0.1) is 10.2 Å². The largest absolute Gasteiger partial charge is 0.365 e. The molecule has 0 spiro atoms. The monoisotopic (exact) mass is 334 g/mol. The minimum atomic E-state index is -0.394. The van der Waals surface area contributed by atoms with Gasteiger partial charge in [0.15, 0.2) is 5.82 Å². The van der Waals surface area contributed by atoms with Crippen LogP contribution in [0.3, 0.4) is 0 Å². The molecule has 6 heteroatoms. The summed E-state index contributed by atoms with van der Waals surface area (Å²) < 4.78 is 8.08. The van der Waals surface area contributed by atoms with Gasteiger partial charge in [-0.05, 0) is 32.6 Å². The Morgan fingerprint density at radius 1 is 1.21 bits per heavy atom. The highest BCUT2D eigenvalue weighted by Crippen LogP contribution is 2.38. The van der Waals surface area contributed by atoms with Crippen LogP contribution in [0.1, 0.15) is 75.9 Å². The SMILES string of the molecule is CC(OC1CCCCCC1)C(=O)N(C)Cc1nnc(C2CC2)n1C. The zero-order valence-corrected chi connectivity index (χ0v) is 15.2. The minimum absolute atomic E-state index is 0.0234. The zero-order valence-electron chi connectivity index (χ0n) is 15.2. The quantitative estimate of drug-likeness (QED) is 0.751. The first-order chi connectivity index (χ1) is 11.6. The van der Waals surface area contributed by atoms with Gasteiger partial charge in [-0.25, -0.2) is 0 Å². The molecule has 0 aromatic carbocycles. The van der Waals surface area contributed by atoms with Crippen LogP contribution in [-0.4, -0.2) is 44.8 Å². The minimum Gasteiger partial charge on any atom is -0.365 e. The van der Waals surface area contributed by atoms with Crippen molar-refractivity contribution in [2.75, 3.05) is 7.05 Å². The Balaban J connectivity index is 1.53. The van der Waals surface area contributed by atoms with Crippen LogP contribution in [0.4, 0.5) is 0 Å². The van der Waals surface area contributed by atoms with Gasteiger partial charge in [-0.1, -0.05) is 25.7 Å². The van der Waals surface area contributed by atoms with Gasteiger partial charge in [-0.3, -0.25) is 4.79 Å². The number of hydrogen-bond acceptors (Lipinski definition) is 4. The van der Waals surface area contributed by atoms with E-state index in [1.54, 1.807) is 4.90 Å². The summed E-state index contributed by atoms with van der Waals surface area (Å²) in [6.45, 7) is 2.35. The van der Waals surface area contributed by atoms with Crippen LogP contribution in [-0.2, 0) is 23.1 Å². The van der Waals surface area contributed by atoms with Crippen molar-refractivity contribution in [2.24, 2.45) is 7.05 Å². The number of rotatable bonds is 6. The van der Waals surface area contributed by atoms with E-state index in [-0.39, 0.29) is 12.0 Å². The van der Waals surface area contributed by atoms with Crippen LogP contribution in [0.25, 0.3) is 0 Å². The summed E-state index contributed by atoms with van der Waals surface area (Å²) in [5, 5.41) is 8.55. The van der Waals surface area contributed by atoms with Crippen LogP contribution < -0.4 is 0 Å². The van der Waals surface area contributed by atoms with Crippen molar-refractivity contribution in [1.82, 2.24) is 19.7 Å². The molecule has 1 amide bonds. The van der Waals surface area contributed by atoms with Gasteiger partial charge in [0, 0.05) is 20.0 Å². The predicted molar refractivity (Wildman–Crippen MR) is 91.5 cm³/mol. The van der Waals surface area contributed by atoms with Crippen molar-refractivity contribution in [3.05, 3.63) is 11.6 Å². The van der Waals surface area contributed by atoms with Crippen molar-refractivity contribution >= 4 is 5.91 Å². The number of carbonyl (C=O) groups excluding carboxylic acids is 1. The summed E-state index contributed by atoms with van der Waals surface area (Å²) in [5.74, 6) is 2.48. The lowest BCUT2D eigenvalue weighted by Crippen LogP contribution is -2.38. The van der Waals surface area contributed by atoms with Crippen molar-refractivity contribution in [3.63, 3.8) is 0 Å². The fraction of sp³-hybridized carbons (Fsp3) is 0.833. The first-order valence-electron chi connectivity index (χ1n) is 9.35. The third-order valence-electron chi connectivity index (χ3n) is 5.24. The van der Waals surface area contributed by atoms with Crippen LogP contribution in [0.15, 0.2) is 0 Å². The summed E-state index contributed by atoms with van der Waals surface area (Å²) in [6, 6.07) is 0. The van der Waals surface area contributed by atoms with E-state index in [2.05, 4.69) is 10.2 Å². The molecule has 0 bridgehead atoms. The number of likely N-dealkylation sites (N-methyl/N-ethyl adjacent to an activating group) is 1. The maximum absolute atomic E-state index is 12.6. The lowest BCUT2D eigenvalue weighted by molar-refractivity contribution is -0.146. The summed E-state index contributed by atoms with van der Waals surface area (Å²) >= 11 is 0. The molecule has 6 nitrogen and oxygen atoms in total. The van der Waals surface area contributed by atoms with Crippen molar-refractivity contribution in [2.45, 2.75) is 83.0 Å². The molecule has 134 valence electrons. The predicted octanol–water partition coefficient (Wildman–Crippen LogP) is 2.78. The lowest BCUT2D eigenvalue weighted by atomic mass is 10.1. The number of hydrogen-bond donors (Lipinski definition) is 0. The number of aromatic nitrogens is 3. The number of carbonyl (C=O) groups is 1. The van der Waals surface area contributed by atoms with Gasteiger partial charge in [0.05, 0.1) is 12.6 Å². The first kappa shape index (κ1) is 17.4. The first-order valence-corrected chi connectivity index (χ1v) is 9.35. The second-order valence-corrected chi connectivity index (χ2v) is 7.39. The molecule has 1 aromatic rings. The molecule has 1 atom stereocenters.